The molecule has 3 rings (SSSR count). The Morgan fingerprint density at radius 1 is 1.14 bits per heavy atom. The van der Waals surface area contributed by atoms with E-state index in [2.05, 4.69) is 5.32 Å². The van der Waals surface area contributed by atoms with Crippen LogP contribution in [0.25, 0.3) is 0 Å². The van der Waals surface area contributed by atoms with Crippen molar-refractivity contribution in [2.45, 2.75) is 60.9 Å². The van der Waals surface area contributed by atoms with Crippen molar-refractivity contribution in [1.29, 1.82) is 0 Å². The Bertz CT molecular complexity index is 867. The zero-order chi connectivity index (χ0) is 21.4. The first-order valence-corrected chi connectivity index (χ1v) is 11.2. The van der Waals surface area contributed by atoms with Crippen molar-refractivity contribution in [3.8, 4) is 0 Å². The van der Waals surface area contributed by atoms with E-state index >= 15 is 0 Å². The number of alkyl halides is 3. The molecule has 0 aliphatic heterocycles. The number of benzene rings is 1. The standard InChI is InChI=1S/C19H24F4N2O3S/c20-13-7-12(19(21,22)23)8-15(9-13)29(27,28)14-5-11(6-14)10-25-18(26)16-3-1-2-4-17(16)24/h7-9,11,14,16-17H,1-6,10,24H2,(H,25,26)/t11?,14?,16-,17-/m0/s1. The quantitative estimate of drug-likeness (QED) is 0.695. The van der Waals surface area contributed by atoms with Crippen LogP contribution in [0.5, 0.6) is 0 Å². The summed E-state index contributed by atoms with van der Waals surface area (Å²) >= 11 is 0. The molecule has 2 aliphatic rings. The maximum Gasteiger partial charge on any atom is 0.416 e. The van der Waals surface area contributed by atoms with Gasteiger partial charge in [-0.05, 0) is 49.8 Å². The lowest BCUT2D eigenvalue weighted by Gasteiger charge is -2.36. The van der Waals surface area contributed by atoms with E-state index in [4.69, 9.17) is 5.73 Å². The Balaban J connectivity index is 1.57. The number of rotatable bonds is 5. The fourth-order valence-corrected chi connectivity index (χ4v) is 6.04. The monoisotopic (exact) mass is 436 g/mol. The molecule has 0 spiro atoms. The summed E-state index contributed by atoms with van der Waals surface area (Å²) in [6.45, 7) is 0.297. The molecule has 29 heavy (non-hydrogen) atoms. The van der Waals surface area contributed by atoms with Crippen LogP contribution in [0.3, 0.4) is 0 Å². The molecule has 2 aliphatic carbocycles. The van der Waals surface area contributed by atoms with Gasteiger partial charge in [0.05, 0.1) is 21.6 Å². The highest BCUT2D eigenvalue weighted by atomic mass is 32.2. The van der Waals surface area contributed by atoms with E-state index in [1.807, 2.05) is 0 Å². The van der Waals surface area contributed by atoms with Gasteiger partial charge in [-0.3, -0.25) is 4.79 Å². The highest BCUT2D eigenvalue weighted by molar-refractivity contribution is 7.92. The third-order valence-corrected chi connectivity index (χ3v) is 8.03. The number of amides is 1. The summed E-state index contributed by atoms with van der Waals surface area (Å²) in [6.07, 6.45) is -0.940. The van der Waals surface area contributed by atoms with Gasteiger partial charge in [-0.25, -0.2) is 12.8 Å². The Morgan fingerprint density at radius 2 is 1.79 bits per heavy atom. The Labute approximate surface area is 167 Å². The second-order valence-electron chi connectivity index (χ2n) is 7.98. The molecule has 0 unspecified atom stereocenters. The lowest BCUT2D eigenvalue weighted by molar-refractivity contribution is -0.138. The summed E-state index contributed by atoms with van der Waals surface area (Å²) in [7, 11) is -4.08. The minimum atomic E-state index is -4.83. The maximum atomic E-state index is 13.5. The Hall–Kier alpha value is -1.68. The molecule has 2 fully saturated rings. The van der Waals surface area contributed by atoms with Crippen LogP contribution in [-0.2, 0) is 20.8 Å². The van der Waals surface area contributed by atoms with E-state index in [1.54, 1.807) is 0 Å². The number of halogens is 4. The molecule has 2 atom stereocenters. The van der Waals surface area contributed by atoms with Gasteiger partial charge in [-0.2, -0.15) is 13.2 Å². The molecule has 0 radical (unpaired) electrons. The van der Waals surface area contributed by atoms with Crippen molar-refractivity contribution in [2.24, 2.45) is 17.6 Å². The first-order chi connectivity index (χ1) is 13.5. The third kappa shape index (κ3) is 4.91. The number of carbonyl (C=O) groups is 1. The fraction of sp³-hybridized carbons (Fsp3) is 0.632. The van der Waals surface area contributed by atoms with E-state index in [9.17, 15) is 30.8 Å². The normalized spacial score (nSPS) is 27.9. The number of hydrogen-bond acceptors (Lipinski definition) is 4. The molecule has 2 saturated carbocycles. The number of sulfone groups is 1. The van der Waals surface area contributed by atoms with E-state index in [-0.39, 0.29) is 42.7 Å². The van der Waals surface area contributed by atoms with Crippen LogP contribution < -0.4 is 11.1 Å². The van der Waals surface area contributed by atoms with Crippen molar-refractivity contribution in [1.82, 2.24) is 5.32 Å². The molecule has 3 N–H and O–H groups in total. The second kappa shape index (κ2) is 8.22. The summed E-state index contributed by atoms with van der Waals surface area (Å²) in [5.74, 6) is -1.71. The van der Waals surface area contributed by atoms with Gasteiger partial charge in [-0.1, -0.05) is 12.8 Å². The first-order valence-electron chi connectivity index (χ1n) is 9.63. The summed E-state index contributed by atoms with van der Waals surface area (Å²) in [4.78, 5) is 11.6. The van der Waals surface area contributed by atoms with Crippen molar-refractivity contribution >= 4 is 15.7 Å². The number of nitrogens with two attached hydrogens (primary N) is 1. The van der Waals surface area contributed by atoms with Crippen LogP contribution >= 0.6 is 0 Å². The number of hydrogen-bond donors (Lipinski definition) is 2. The number of nitrogens with one attached hydrogen (secondary N) is 1. The third-order valence-electron chi connectivity index (χ3n) is 5.88. The molecule has 1 amide bonds. The van der Waals surface area contributed by atoms with Crippen molar-refractivity contribution in [3.05, 3.63) is 29.6 Å². The minimum Gasteiger partial charge on any atom is -0.356 e. The molecular formula is C19H24F4N2O3S. The maximum absolute atomic E-state index is 13.5. The molecule has 5 nitrogen and oxygen atoms in total. The van der Waals surface area contributed by atoms with E-state index in [0.29, 0.717) is 18.7 Å². The van der Waals surface area contributed by atoms with Crippen LogP contribution in [0, 0.1) is 17.7 Å². The van der Waals surface area contributed by atoms with E-state index in [1.165, 1.54) is 0 Å². The minimum absolute atomic E-state index is 0.0887. The smallest absolute Gasteiger partial charge is 0.356 e. The highest BCUT2D eigenvalue weighted by Crippen LogP contribution is 2.38. The van der Waals surface area contributed by atoms with Crippen LogP contribution in [0.4, 0.5) is 17.6 Å². The van der Waals surface area contributed by atoms with Gasteiger partial charge in [0.15, 0.2) is 9.84 Å². The zero-order valence-corrected chi connectivity index (χ0v) is 16.5. The van der Waals surface area contributed by atoms with Gasteiger partial charge in [0.2, 0.25) is 5.91 Å². The van der Waals surface area contributed by atoms with Crippen LogP contribution in [0.1, 0.15) is 44.1 Å². The van der Waals surface area contributed by atoms with Crippen molar-refractivity contribution < 1.29 is 30.8 Å². The fourth-order valence-electron chi connectivity index (χ4n) is 4.04. The summed E-state index contributed by atoms with van der Waals surface area (Å²) in [5.41, 5.74) is 4.65. The molecule has 0 aromatic heterocycles. The van der Waals surface area contributed by atoms with E-state index < -0.39 is 37.5 Å². The lowest BCUT2D eigenvalue weighted by atomic mass is 9.83. The molecular weight excluding hydrogens is 412 g/mol. The Morgan fingerprint density at radius 3 is 2.41 bits per heavy atom. The molecule has 1 aromatic carbocycles. The van der Waals surface area contributed by atoms with Gasteiger partial charge in [0.25, 0.3) is 0 Å². The summed E-state index contributed by atoms with van der Waals surface area (Å²) < 4.78 is 77.2. The second-order valence-corrected chi connectivity index (χ2v) is 10.2. The van der Waals surface area contributed by atoms with Gasteiger partial charge in [0, 0.05) is 12.6 Å². The topological polar surface area (TPSA) is 89.3 Å². The lowest BCUT2D eigenvalue weighted by Crippen LogP contribution is -2.47. The molecule has 0 bridgehead atoms. The highest BCUT2D eigenvalue weighted by Gasteiger charge is 2.41. The van der Waals surface area contributed by atoms with Crippen molar-refractivity contribution in [3.63, 3.8) is 0 Å². The van der Waals surface area contributed by atoms with Crippen LogP contribution in [-0.4, -0.2) is 32.2 Å². The van der Waals surface area contributed by atoms with Gasteiger partial charge in [0.1, 0.15) is 5.82 Å². The first kappa shape index (κ1) is 22.0. The summed E-state index contributed by atoms with van der Waals surface area (Å²) in [6, 6.07) is 1.19. The van der Waals surface area contributed by atoms with Gasteiger partial charge >= 0.3 is 6.18 Å². The summed E-state index contributed by atoms with van der Waals surface area (Å²) in [5, 5.41) is 1.93. The average Bonchev–Trinajstić information content (AvgIpc) is 2.59. The number of carbonyl (C=O) groups excluding carboxylic acids is 1. The SMILES string of the molecule is N[C@H]1CCCC[C@@H]1C(=O)NCC1CC(S(=O)(=O)c2cc(F)cc(C(F)(F)F)c2)C1. The molecule has 10 heteroatoms. The predicted octanol–water partition coefficient (Wildman–Crippen LogP) is 3.03. The molecule has 162 valence electrons. The van der Waals surface area contributed by atoms with Gasteiger partial charge in [-0.15, -0.1) is 0 Å². The zero-order valence-electron chi connectivity index (χ0n) is 15.7. The largest absolute Gasteiger partial charge is 0.416 e. The Kier molecular flexibility index (Phi) is 6.24. The molecule has 0 heterocycles. The van der Waals surface area contributed by atoms with E-state index in [0.717, 1.165) is 25.7 Å². The predicted molar refractivity (Wildman–Crippen MR) is 98.0 cm³/mol. The average molecular weight is 436 g/mol. The van der Waals surface area contributed by atoms with Gasteiger partial charge < -0.3 is 11.1 Å². The molecule has 0 saturated heterocycles. The van der Waals surface area contributed by atoms with Crippen LogP contribution in [0.15, 0.2) is 23.1 Å². The van der Waals surface area contributed by atoms with Crippen LogP contribution in [0.2, 0.25) is 0 Å². The molecule has 1 aromatic rings. The van der Waals surface area contributed by atoms with Crippen molar-refractivity contribution in [2.75, 3.05) is 6.54 Å².